The number of hydrogen-bond acceptors (Lipinski definition) is 3. The van der Waals surface area contributed by atoms with Gasteiger partial charge in [0.2, 0.25) is 0 Å². The zero-order valence-electron chi connectivity index (χ0n) is 8.30. The molecule has 0 amide bonds. The summed E-state index contributed by atoms with van der Waals surface area (Å²) in [5.41, 5.74) is -0.0907. The highest BCUT2D eigenvalue weighted by molar-refractivity contribution is 5.80. The van der Waals surface area contributed by atoms with Gasteiger partial charge in [-0.2, -0.15) is 0 Å². The van der Waals surface area contributed by atoms with Crippen molar-refractivity contribution in [2.45, 2.75) is 51.8 Å². The zero-order chi connectivity index (χ0) is 9.47. The molecule has 13 heavy (non-hydrogen) atoms. The summed E-state index contributed by atoms with van der Waals surface area (Å²) in [5.74, 6) is 0.0249. The molecule has 3 heteroatoms. The van der Waals surface area contributed by atoms with Crippen molar-refractivity contribution in [1.82, 2.24) is 5.32 Å². The largest absolute Gasteiger partial charge is 0.446 e. The normalized spacial score (nSPS) is 30.7. The molecule has 0 bridgehead atoms. The minimum absolute atomic E-state index is 0.0249. The molecule has 1 saturated heterocycles. The summed E-state index contributed by atoms with van der Waals surface area (Å²) in [5, 5.41) is 3.25. The molecule has 1 atom stereocenters. The number of ether oxygens (including phenoxy) is 1. The molecular weight excluding hydrogens is 166 g/mol. The maximum atomic E-state index is 11.5. The van der Waals surface area contributed by atoms with Gasteiger partial charge in [-0.05, 0) is 26.7 Å². The van der Waals surface area contributed by atoms with Crippen molar-refractivity contribution in [2.24, 2.45) is 5.41 Å². The number of carbonyl (C=O) groups is 1. The van der Waals surface area contributed by atoms with Crippen LogP contribution in [0.25, 0.3) is 0 Å². The number of cyclic esters (lactones) is 1. The molecule has 1 heterocycles. The third kappa shape index (κ3) is 1.46. The molecule has 1 spiro atoms. The molecule has 2 aliphatic rings. The van der Waals surface area contributed by atoms with Gasteiger partial charge in [0.1, 0.15) is 0 Å². The van der Waals surface area contributed by atoms with Gasteiger partial charge in [0.15, 0.2) is 6.23 Å². The van der Waals surface area contributed by atoms with Crippen LogP contribution in [-0.4, -0.2) is 18.2 Å². The molecule has 0 aromatic carbocycles. The van der Waals surface area contributed by atoms with Crippen molar-refractivity contribution in [3.05, 3.63) is 0 Å². The Morgan fingerprint density at radius 2 is 2.23 bits per heavy atom. The van der Waals surface area contributed by atoms with Crippen molar-refractivity contribution in [1.29, 1.82) is 0 Å². The molecule has 0 aromatic rings. The number of esters is 1. The molecular formula is C10H17NO2. The average molecular weight is 183 g/mol. The molecule has 1 N–H and O–H groups in total. The summed E-state index contributed by atoms with van der Waals surface area (Å²) in [6.45, 7) is 4.14. The molecule has 1 aliphatic heterocycles. The molecule has 1 aliphatic carbocycles. The minimum atomic E-state index is -0.0907. The second-order valence-electron chi connectivity index (χ2n) is 4.55. The number of rotatable bonds is 2. The first-order chi connectivity index (χ1) is 6.12. The van der Waals surface area contributed by atoms with E-state index in [-0.39, 0.29) is 17.6 Å². The van der Waals surface area contributed by atoms with E-state index in [0.717, 1.165) is 19.3 Å². The highest BCUT2D eigenvalue weighted by Gasteiger charge is 2.52. The quantitative estimate of drug-likeness (QED) is 0.658. The Bertz CT molecular complexity index is 221. The number of hydrogen-bond donors (Lipinski definition) is 1. The molecule has 2 fully saturated rings. The fourth-order valence-electron chi connectivity index (χ4n) is 2.21. The summed E-state index contributed by atoms with van der Waals surface area (Å²) in [6, 6.07) is 0.382. The fraction of sp³-hybridized carbons (Fsp3) is 0.900. The molecule has 3 nitrogen and oxygen atoms in total. The monoisotopic (exact) mass is 183 g/mol. The van der Waals surface area contributed by atoms with Crippen molar-refractivity contribution in [2.75, 3.05) is 0 Å². The average Bonchev–Trinajstić information content (AvgIpc) is 2.24. The summed E-state index contributed by atoms with van der Waals surface area (Å²) in [7, 11) is 0. The first-order valence-corrected chi connectivity index (χ1v) is 5.09. The van der Waals surface area contributed by atoms with Gasteiger partial charge in [-0.25, -0.2) is 0 Å². The van der Waals surface area contributed by atoms with E-state index < -0.39 is 0 Å². The zero-order valence-corrected chi connectivity index (χ0v) is 8.30. The molecule has 74 valence electrons. The van der Waals surface area contributed by atoms with Crippen LogP contribution in [0.4, 0.5) is 0 Å². The number of carbonyl (C=O) groups excluding carboxylic acids is 1. The third-order valence-electron chi connectivity index (χ3n) is 3.09. The van der Waals surface area contributed by atoms with Gasteiger partial charge in [0, 0.05) is 12.5 Å². The first-order valence-electron chi connectivity index (χ1n) is 5.09. The Hall–Kier alpha value is -0.570. The van der Waals surface area contributed by atoms with Crippen LogP contribution in [-0.2, 0) is 9.53 Å². The standard InChI is InChI=1S/C10H17NO2/c1-7(2)11-8-6-10(4-3-5-10)9(12)13-8/h7-8,11H,3-6H2,1-2H3/t8-/m0/s1. The van der Waals surface area contributed by atoms with Crippen LogP contribution in [0.3, 0.4) is 0 Å². The topological polar surface area (TPSA) is 38.3 Å². The van der Waals surface area contributed by atoms with E-state index in [1.165, 1.54) is 6.42 Å². The van der Waals surface area contributed by atoms with Crippen LogP contribution in [0.5, 0.6) is 0 Å². The molecule has 0 aromatic heterocycles. The Balaban J connectivity index is 1.95. The lowest BCUT2D eigenvalue weighted by atomic mass is 9.67. The van der Waals surface area contributed by atoms with E-state index in [2.05, 4.69) is 19.2 Å². The number of nitrogens with one attached hydrogen (secondary N) is 1. The minimum Gasteiger partial charge on any atom is -0.446 e. The van der Waals surface area contributed by atoms with Gasteiger partial charge in [-0.3, -0.25) is 10.1 Å². The Morgan fingerprint density at radius 1 is 1.54 bits per heavy atom. The van der Waals surface area contributed by atoms with Gasteiger partial charge in [0.05, 0.1) is 5.41 Å². The van der Waals surface area contributed by atoms with Gasteiger partial charge >= 0.3 is 5.97 Å². The van der Waals surface area contributed by atoms with E-state index in [9.17, 15) is 4.79 Å². The Morgan fingerprint density at radius 3 is 2.62 bits per heavy atom. The fourth-order valence-corrected chi connectivity index (χ4v) is 2.21. The Kier molecular flexibility index (Phi) is 2.06. The van der Waals surface area contributed by atoms with Gasteiger partial charge in [-0.1, -0.05) is 6.42 Å². The van der Waals surface area contributed by atoms with Crippen molar-refractivity contribution in [3.8, 4) is 0 Å². The molecule has 2 rings (SSSR count). The van der Waals surface area contributed by atoms with Crippen molar-refractivity contribution < 1.29 is 9.53 Å². The predicted molar refractivity (Wildman–Crippen MR) is 49.1 cm³/mol. The van der Waals surface area contributed by atoms with E-state index in [1.807, 2.05) is 0 Å². The van der Waals surface area contributed by atoms with Gasteiger partial charge < -0.3 is 4.74 Å². The van der Waals surface area contributed by atoms with E-state index in [1.54, 1.807) is 0 Å². The van der Waals surface area contributed by atoms with Crippen LogP contribution < -0.4 is 5.32 Å². The second kappa shape index (κ2) is 2.98. The van der Waals surface area contributed by atoms with E-state index in [0.29, 0.717) is 6.04 Å². The summed E-state index contributed by atoms with van der Waals surface area (Å²) in [6.07, 6.45) is 4.09. The molecule has 1 saturated carbocycles. The van der Waals surface area contributed by atoms with Gasteiger partial charge in [-0.15, -0.1) is 0 Å². The molecule has 0 unspecified atom stereocenters. The summed E-state index contributed by atoms with van der Waals surface area (Å²) in [4.78, 5) is 11.5. The van der Waals surface area contributed by atoms with Crippen LogP contribution in [0, 0.1) is 5.41 Å². The van der Waals surface area contributed by atoms with Gasteiger partial charge in [0.25, 0.3) is 0 Å². The van der Waals surface area contributed by atoms with Crippen LogP contribution >= 0.6 is 0 Å². The lowest BCUT2D eigenvalue weighted by Crippen LogP contribution is -2.36. The van der Waals surface area contributed by atoms with Crippen LogP contribution in [0.15, 0.2) is 0 Å². The van der Waals surface area contributed by atoms with Crippen molar-refractivity contribution >= 4 is 5.97 Å². The summed E-state index contributed by atoms with van der Waals surface area (Å²) >= 11 is 0. The lowest BCUT2D eigenvalue weighted by molar-refractivity contribution is -0.153. The first kappa shape index (κ1) is 9.00. The van der Waals surface area contributed by atoms with Crippen LogP contribution in [0.1, 0.15) is 39.5 Å². The third-order valence-corrected chi connectivity index (χ3v) is 3.09. The summed E-state index contributed by atoms with van der Waals surface area (Å²) < 4.78 is 5.28. The highest BCUT2D eigenvalue weighted by Crippen LogP contribution is 2.49. The van der Waals surface area contributed by atoms with E-state index in [4.69, 9.17) is 4.74 Å². The SMILES string of the molecule is CC(C)N[C@@H]1CC2(CCC2)C(=O)O1. The smallest absolute Gasteiger partial charge is 0.313 e. The molecule has 0 radical (unpaired) electrons. The predicted octanol–water partition coefficient (Wildman–Crippen LogP) is 1.43. The lowest BCUT2D eigenvalue weighted by Gasteiger charge is -2.33. The Labute approximate surface area is 78.8 Å². The van der Waals surface area contributed by atoms with Crippen LogP contribution in [0.2, 0.25) is 0 Å². The second-order valence-corrected chi connectivity index (χ2v) is 4.55. The maximum absolute atomic E-state index is 11.5. The maximum Gasteiger partial charge on any atom is 0.313 e. The highest BCUT2D eigenvalue weighted by atomic mass is 16.6. The van der Waals surface area contributed by atoms with Crippen molar-refractivity contribution in [3.63, 3.8) is 0 Å². The van der Waals surface area contributed by atoms with E-state index >= 15 is 0 Å².